The number of rotatable bonds is 3. The van der Waals surface area contributed by atoms with E-state index in [-0.39, 0.29) is 11.7 Å². The second kappa shape index (κ2) is 6.87. The highest BCUT2D eigenvalue weighted by molar-refractivity contribution is 9.11. The van der Waals surface area contributed by atoms with Crippen LogP contribution < -0.4 is 5.43 Å². The number of hydrazone groups is 1. The van der Waals surface area contributed by atoms with E-state index in [1.165, 1.54) is 6.21 Å². The van der Waals surface area contributed by atoms with Crippen molar-refractivity contribution in [2.45, 2.75) is 6.92 Å². The van der Waals surface area contributed by atoms with Gasteiger partial charge >= 0.3 is 0 Å². The second-order valence-corrected chi connectivity index (χ2v) is 6.25. The molecule has 2 aromatic carbocycles. The van der Waals surface area contributed by atoms with Crippen molar-refractivity contribution >= 4 is 44.0 Å². The van der Waals surface area contributed by atoms with Crippen LogP contribution >= 0.6 is 31.9 Å². The minimum Gasteiger partial charge on any atom is -0.507 e. The van der Waals surface area contributed by atoms with Gasteiger partial charge in [-0.25, -0.2) is 5.43 Å². The van der Waals surface area contributed by atoms with Gasteiger partial charge in [-0.15, -0.1) is 0 Å². The van der Waals surface area contributed by atoms with Crippen LogP contribution in [0.15, 0.2) is 50.4 Å². The maximum Gasteiger partial charge on any atom is 0.271 e. The van der Waals surface area contributed by atoms with Gasteiger partial charge < -0.3 is 5.11 Å². The first-order valence-corrected chi connectivity index (χ1v) is 7.63. The number of halogens is 2. The molecule has 0 aliphatic heterocycles. The van der Waals surface area contributed by atoms with E-state index in [4.69, 9.17) is 0 Å². The molecule has 2 rings (SSSR count). The van der Waals surface area contributed by atoms with Crippen molar-refractivity contribution in [2.75, 3.05) is 0 Å². The van der Waals surface area contributed by atoms with E-state index in [9.17, 15) is 9.90 Å². The lowest BCUT2D eigenvalue weighted by atomic mass is 10.1. The van der Waals surface area contributed by atoms with Crippen LogP contribution in [-0.4, -0.2) is 17.2 Å². The van der Waals surface area contributed by atoms with Crippen LogP contribution in [0, 0.1) is 6.92 Å². The maximum atomic E-state index is 12.0. The largest absolute Gasteiger partial charge is 0.507 e. The fourth-order valence-corrected chi connectivity index (χ4v) is 2.98. The molecule has 0 unspecified atom stereocenters. The quantitative estimate of drug-likeness (QED) is 0.592. The van der Waals surface area contributed by atoms with Crippen molar-refractivity contribution < 1.29 is 9.90 Å². The van der Waals surface area contributed by atoms with Gasteiger partial charge in [-0.1, -0.05) is 43.5 Å². The molecule has 2 aromatic rings. The van der Waals surface area contributed by atoms with E-state index in [2.05, 4.69) is 42.4 Å². The summed E-state index contributed by atoms with van der Waals surface area (Å²) in [7, 11) is 0. The van der Waals surface area contributed by atoms with E-state index in [0.29, 0.717) is 11.1 Å². The Kier molecular flexibility index (Phi) is 5.14. The number of hydrogen-bond donors (Lipinski definition) is 2. The Morgan fingerprint density at radius 1 is 1.19 bits per heavy atom. The van der Waals surface area contributed by atoms with E-state index in [0.717, 1.165) is 14.5 Å². The summed E-state index contributed by atoms with van der Waals surface area (Å²) in [4.78, 5) is 12.0. The summed E-state index contributed by atoms with van der Waals surface area (Å²) < 4.78 is 1.59. The first kappa shape index (κ1) is 15.7. The van der Waals surface area contributed by atoms with Gasteiger partial charge in [0, 0.05) is 20.1 Å². The lowest BCUT2D eigenvalue weighted by molar-refractivity contribution is 0.0955. The molecule has 0 saturated heterocycles. The fraction of sp³-hybridized carbons (Fsp3) is 0.0667. The van der Waals surface area contributed by atoms with Gasteiger partial charge in [0.1, 0.15) is 5.75 Å². The number of benzene rings is 2. The van der Waals surface area contributed by atoms with Gasteiger partial charge in [-0.05, 0) is 37.3 Å². The zero-order valence-electron chi connectivity index (χ0n) is 11.1. The smallest absolute Gasteiger partial charge is 0.271 e. The monoisotopic (exact) mass is 410 g/mol. The summed E-state index contributed by atoms with van der Waals surface area (Å²) in [6, 6.07) is 10.4. The van der Waals surface area contributed by atoms with Crippen LogP contribution in [0.4, 0.5) is 0 Å². The van der Waals surface area contributed by atoms with E-state index < -0.39 is 0 Å². The van der Waals surface area contributed by atoms with Crippen molar-refractivity contribution in [3.63, 3.8) is 0 Å². The molecule has 0 heterocycles. The molecule has 108 valence electrons. The van der Waals surface area contributed by atoms with Crippen LogP contribution in [0.2, 0.25) is 0 Å². The Balaban J connectivity index is 2.10. The summed E-state index contributed by atoms with van der Waals surface area (Å²) in [6.07, 6.45) is 1.41. The third-order valence-corrected chi connectivity index (χ3v) is 3.59. The minimum atomic E-state index is -0.333. The van der Waals surface area contributed by atoms with Crippen LogP contribution in [0.3, 0.4) is 0 Å². The van der Waals surface area contributed by atoms with Crippen molar-refractivity contribution in [3.05, 3.63) is 62.0 Å². The number of nitrogens with zero attached hydrogens (tertiary/aromatic N) is 1. The molecular formula is C15H12Br2N2O2. The molecule has 1 amide bonds. The van der Waals surface area contributed by atoms with E-state index in [1.807, 2.05) is 13.0 Å². The Morgan fingerprint density at radius 3 is 2.52 bits per heavy atom. The molecule has 6 heteroatoms. The highest BCUT2D eigenvalue weighted by Crippen LogP contribution is 2.20. The zero-order chi connectivity index (χ0) is 15.4. The summed E-state index contributed by atoms with van der Waals surface area (Å²) in [5, 5.41) is 13.5. The van der Waals surface area contributed by atoms with Crippen molar-refractivity contribution in [1.29, 1.82) is 0 Å². The van der Waals surface area contributed by atoms with Crippen LogP contribution in [0.5, 0.6) is 5.75 Å². The number of phenolic OH excluding ortho intramolecular Hbond substituents is 1. The number of hydrogen-bond acceptors (Lipinski definition) is 3. The normalized spacial score (nSPS) is 10.8. The fourth-order valence-electron chi connectivity index (χ4n) is 1.69. The van der Waals surface area contributed by atoms with E-state index in [1.54, 1.807) is 30.3 Å². The molecule has 0 radical (unpaired) electrons. The highest BCUT2D eigenvalue weighted by atomic mass is 79.9. The van der Waals surface area contributed by atoms with Gasteiger partial charge in [0.15, 0.2) is 0 Å². The first-order chi connectivity index (χ1) is 9.95. The van der Waals surface area contributed by atoms with Crippen LogP contribution in [0.1, 0.15) is 21.5 Å². The molecule has 0 aliphatic rings. The molecular weight excluding hydrogens is 400 g/mol. The van der Waals surface area contributed by atoms with Gasteiger partial charge in [-0.2, -0.15) is 5.10 Å². The summed E-state index contributed by atoms with van der Waals surface area (Å²) >= 11 is 6.64. The van der Waals surface area contributed by atoms with Crippen molar-refractivity contribution in [1.82, 2.24) is 5.43 Å². The average Bonchev–Trinajstić information content (AvgIpc) is 2.41. The van der Waals surface area contributed by atoms with Gasteiger partial charge in [-0.3, -0.25) is 4.79 Å². The SMILES string of the molecule is Cc1ccc(O)c(C=NNC(=O)c2cc(Br)cc(Br)c2)c1. The van der Waals surface area contributed by atoms with Gasteiger partial charge in [0.25, 0.3) is 5.91 Å². The third-order valence-electron chi connectivity index (χ3n) is 2.68. The molecule has 2 N–H and O–H groups in total. The number of phenols is 1. The summed E-state index contributed by atoms with van der Waals surface area (Å²) in [5.74, 6) is -0.218. The van der Waals surface area contributed by atoms with E-state index >= 15 is 0 Å². The van der Waals surface area contributed by atoms with Gasteiger partial charge in [0.2, 0.25) is 0 Å². The number of carbonyl (C=O) groups excluding carboxylic acids is 1. The van der Waals surface area contributed by atoms with Crippen molar-refractivity contribution in [3.8, 4) is 5.75 Å². The third kappa shape index (κ3) is 4.41. The maximum absolute atomic E-state index is 12.0. The molecule has 21 heavy (non-hydrogen) atoms. The topological polar surface area (TPSA) is 61.7 Å². The van der Waals surface area contributed by atoms with Gasteiger partial charge in [0.05, 0.1) is 6.21 Å². The average molecular weight is 412 g/mol. The Bertz CT molecular complexity index is 695. The zero-order valence-corrected chi connectivity index (χ0v) is 14.3. The molecule has 4 nitrogen and oxygen atoms in total. The molecule has 0 aromatic heterocycles. The first-order valence-electron chi connectivity index (χ1n) is 6.05. The van der Waals surface area contributed by atoms with Crippen LogP contribution in [-0.2, 0) is 0 Å². The van der Waals surface area contributed by atoms with Crippen LogP contribution in [0.25, 0.3) is 0 Å². The Hall–Kier alpha value is -1.66. The lowest BCUT2D eigenvalue weighted by Gasteiger charge is -2.03. The molecule has 0 atom stereocenters. The Labute approximate surface area is 139 Å². The number of aromatic hydroxyl groups is 1. The Morgan fingerprint density at radius 2 is 1.86 bits per heavy atom. The summed E-state index contributed by atoms with van der Waals surface area (Å²) in [6.45, 7) is 1.91. The predicted octanol–water partition coefficient (Wildman–Crippen LogP) is 3.99. The molecule has 0 saturated carbocycles. The summed E-state index contributed by atoms with van der Waals surface area (Å²) in [5.41, 5.74) is 4.44. The minimum absolute atomic E-state index is 0.115. The number of amides is 1. The standard InChI is InChI=1S/C15H12Br2N2O2/c1-9-2-3-14(20)11(4-9)8-18-19-15(21)10-5-12(16)7-13(17)6-10/h2-8,20H,1H3,(H,19,21). The molecule has 0 fully saturated rings. The lowest BCUT2D eigenvalue weighted by Crippen LogP contribution is -2.17. The number of carbonyl (C=O) groups is 1. The van der Waals surface area contributed by atoms with Crippen molar-refractivity contribution in [2.24, 2.45) is 5.10 Å². The second-order valence-electron chi connectivity index (χ2n) is 4.42. The predicted molar refractivity (Wildman–Crippen MR) is 89.7 cm³/mol. The highest BCUT2D eigenvalue weighted by Gasteiger charge is 2.06. The molecule has 0 spiro atoms. The number of nitrogens with one attached hydrogen (secondary N) is 1. The molecule has 0 bridgehead atoms. The molecule has 0 aliphatic carbocycles. The number of aryl methyl sites for hydroxylation is 1.